The zero-order valence-corrected chi connectivity index (χ0v) is 12.7. The summed E-state index contributed by atoms with van der Waals surface area (Å²) < 4.78 is 10.1. The highest BCUT2D eigenvalue weighted by Gasteiger charge is 2.36. The zero-order valence-electron chi connectivity index (χ0n) is 12.7. The van der Waals surface area contributed by atoms with E-state index < -0.39 is 0 Å². The van der Waals surface area contributed by atoms with Crippen molar-refractivity contribution >= 4 is 6.47 Å². The third kappa shape index (κ3) is 6.33. The molecule has 1 fully saturated rings. The number of hydrogen-bond donors (Lipinski definition) is 1. The summed E-state index contributed by atoms with van der Waals surface area (Å²) in [5.74, 6) is 0. The highest BCUT2D eigenvalue weighted by molar-refractivity contribution is 5.37. The molecule has 0 bridgehead atoms. The van der Waals surface area contributed by atoms with Crippen LogP contribution in [0.1, 0.15) is 41.5 Å². The maximum absolute atomic E-state index is 9.60. The van der Waals surface area contributed by atoms with Crippen molar-refractivity contribution in [3.05, 3.63) is 0 Å². The molecule has 1 aliphatic heterocycles. The number of nitrogens with zero attached hydrogens (tertiary/aromatic N) is 1. The average Bonchev–Trinajstić information content (AvgIpc) is 2.45. The number of nitrogens with one attached hydrogen (secondary N) is 1. The molecule has 0 aromatic carbocycles. The minimum Gasteiger partial charge on any atom is -0.462 e. The lowest BCUT2D eigenvalue weighted by Gasteiger charge is -2.29. The summed E-state index contributed by atoms with van der Waals surface area (Å²) >= 11 is 0. The van der Waals surface area contributed by atoms with E-state index in [1.54, 1.807) is 0 Å². The van der Waals surface area contributed by atoms with E-state index in [9.17, 15) is 4.79 Å². The van der Waals surface area contributed by atoms with Gasteiger partial charge in [-0.1, -0.05) is 6.92 Å². The van der Waals surface area contributed by atoms with Gasteiger partial charge in [0.25, 0.3) is 6.47 Å². The molecule has 0 saturated carbocycles. The fraction of sp³-hybridized carbons (Fsp3) is 0.923. The van der Waals surface area contributed by atoms with Gasteiger partial charge in [0.2, 0.25) is 0 Å². The van der Waals surface area contributed by atoms with E-state index in [0.29, 0.717) is 12.6 Å². The van der Waals surface area contributed by atoms with Crippen molar-refractivity contribution in [3.63, 3.8) is 0 Å². The van der Waals surface area contributed by atoms with Gasteiger partial charge in [-0.05, 0) is 48.2 Å². The van der Waals surface area contributed by atoms with Crippen LogP contribution in [-0.2, 0) is 14.3 Å². The first-order valence-corrected chi connectivity index (χ1v) is 6.35. The Kier molecular flexibility index (Phi) is 6.81. The molecule has 0 amide bonds. The number of carbonyl (C=O) groups is 1. The smallest absolute Gasteiger partial charge is 0.293 e. The highest BCUT2D eigenvalue weighted by atomic mass is 16.5. The van der Waals surface area contributed by atoms with Crippen LogP contribution in [0.25, 0.3) is 0 Å². The van der Waals surface area contributed by atoms with E-state index in [2.05, 4.69) is 42.8 Å². The first-order valence-electron chi connectivity index (χ1n) is 6.35. The lowest BCUT2D eigenvalue weighted by atomic mass is 10.2. The summed E-state index contributed by atoms with van der Waals surface area (Å²) in [5, 5.41) is 3.35. The lowest BCUT2D eigenvalue weighted by Crippen LogP contribution is -2.47. The summed E-state index contributed by atoms with van der Waals surface area (Å²) in [4.78, 5) is 11.8. The number of likely N-dealkylation sites (N-methyl/N-ethyl adjacent to an activating group) is 2. The van der Waals surface area contributed by atoms with E-state index in [-0.39, 0.29) is 11.3 Å². The van der Waals surface area contributed by atoms with Crippen LogP contribution in [0, 0.1) is 0 Å². The molecular formula is C13H28N2O3. The molecule has 1 saturated heterocycles. The van der Waals surface area contributed by atoms with Gasteiger partial charge < -0.3 is 14.8 Å². The average molecular weight is 260 g/mol. The van der Waals surface area contributed by atoms with Crippen molar-refractivity contribution in [1.82, 2.24) is 10.2 Å². The van der Waals surface area contributed by atoms with Crippen LogP contribution >= 0.6 is 0 Å². The largest absolute Gasteiger partial charge is 0.462 e. The third-order valence-corrected chi connectivity index (χ3v) is 2.75. The molecule has 0 radical (unpaired) electrons. The van der Waals surface area contributed by atoms with Gasteiger partial charge in [0, 0.05) is 0 Å². The van der Waals surface area contributed by atoms with Crippen molar-refractivity contribution in [3.8, 4) is 0 Å². The van der Waals surface area contributed by atoms with Crippen molar-refractivity contribution in [1.29, 1.82) is 0 Å². The second-order valence-corrected chi connectivity index (χ2v) is 5.77. The zero-order chi connectivity index (χ0) is 14.4. The number of ether oxygens (including phenoxy) is 2. The molecule has 1 aliphatic rings. The van der Waals surface area contributed by atoms with E-state index in [1.807, 2.05) is 20.8 Å². The maximum Gasteiger partial charge on any atom is 0.293 e. The Morgan fingerprint density at radius 3 is 2.28 bits per heavy atom. The molecule has 1 atom stereocenters. The van der Waals surface area contributed by atoms with Crippen LogP contribution in [0.4, 0.5) is 0 Å². The summed E-state index contributed by atoms with van der Waals surface area (Å²) in [6.07, 6.45) is 0.384. The minimum absolute atomic E-state index is 0.104. The monoisotopic (exact) mass is 260 g/mol. The van der Waals surface area contributed by atoms with Gasteiger partial charge in [0.1, 0.15) is 11.3 Å². The maximum atomic E-state index is 9.60. The van der Waals surface area contributed by atoms with Crippen molar-refractivity contribution in [2.45, 2.75) is 59.0 Å². The van der Waals surface area contributed by atoms with Crippen LogP contribution in [0.5, 0.6) is 0 Å². The van der Waals surface area contributed by atoms with Gasteiger partial charge in [-0.2, -0.15) is 0 Å². The SMILES string of the molecule is CC(C)(C)OC=O.CCNC1COC(C)(C)N1C. The molecule has 0 aromatic rings. The molecule has 5 nitrogen and oxygen atoms in total. The first-order chi connectivity index (χ1) is 8.14. The second-order valence-electron chi connectivity index (χ2n) is 5.77. The number of carbonyl (C=O) groups excluding carboxylic acids is 1. The summed E-state index contributed by atoms with van der Waals surface area (Å²) in [6.45, 7) is 14.0. The normalized spacial score (nSPS) is 23.2. The predicted molar refractivity (Wildman–Crippen MR) is 72.2 cm³/mol. The highest BCUT2D eigenvalue weighted by Crippen LogP contribution is 2.23. The Labute approximate surface area is 111 Å². The molecule has 0 spiro atoms. The van der Waals surface area contributed by atoms with Crippen LogP contribution in [-0.4, -0.2) is 49.1 Å². The molecule has 1 rings (SSSR count). The van der Waals surface area contributed by atoms with Gasteiger partial charge in [0.05, 0.1) is 12.8 Å². The molecule has 108 valence electrons. The molecule has 1 N–H and O–H groups in total. The fourth-order valence-corrected chi connectivity index (χ4v) is 1.45. The Morgan fingerprint density at radius 2 is 2.06 bits per heavy atom. The molecule has 0 aliphatic carbocycles. The summed E-state index contributed by atoms with van der Waals surface area (Å²) in [6, 6.07) is 0. The number of hydrogen-bond acceptors (Lipinski definition) is 5. The predicted octanol–water partition coefficient (Wildman–Crippen LogP) is 1.58. The third-order valence-electron chi connectivity index (χ3n) is 2.75. The molecule has 1 heterocycles. The van der Waals surface area contributed by atoms with E-state index >= 15 is 0 Å². The second kappa shape index (κ2) is 7.07. The Hall–Kier alpha value is -0.650. The van der Waals surface area contributed by atoms with Crippen LogP contribution < -0.4 is 5.32 Å². The van der Waals surface area contributed by atoms with Crippen molar-refractivity contribution in [2.24, 2.45) is 0 Å². The topological polar surface area (TPSA) is 50.8 Å². The number of rotatable bonds is 3. The van der Waals surface area contributed by atoms with Gasteiger partial charge >= 0.3 is 0 Å². The minimum atomic E-state index is -0.318. The van der Waals surface area contributed by atoms with Gasteiger partial charge in [-0.3, -0.25) is 9.69 Å². The van der Waals surface area contributed by atoms with Gasteiger partial charge in [0.15, 0.2) is 0 Å². The summed E-state index contributed by atoms with van der Waals surface area (Å²) in [5.41, 5.74) is -0.422. The van der Waals surface area contributed by atoms with E-state index in [4.69, 9.17) is 4.74 Å². The Balaban J connectivity index is 0.000000360. The Morgan fingerprint density at radius 1 is 1.50 bits per heavy atom. The molecule has 1 unspecified atom stereocenters. The van der Waals surface area contributed by atoms with Gasteiger partial charge in [-0.15, -0.1) is 0 Å². The van der Waals surface area contributed by atoms with Crippen LogP contribution in [0.15, 0.2) is 0 Å². The first kappa shape index (κ1) is 17.4. The van der Waals surface area contributed by atoms with Crippen LogP contribution in [0.3, 0.4) is 0 Å². The fourth-order valence-electron chi connectivity index (χ4n) is 1.45. The van der Waals surface area contributed by atoms with Gasteiger partial charge in [-0.25, -0.2) is 0 Å². The molecule has 5 heteroatoms. The standard InChI is InChI=1S/C8H18N2O.C5H10O2/c1-5-9-7-6-11-8(2,3)10(7)4;1-5(2,3)7-4-6/h7,9H,5-6H2,1-4H3;4H,1-3H3. The summed E-state index contributed by atoms with van der Waals surface area (Å²) in [7, 11) is 2.08. The molecular weight excluding hydrogens is 232 g/mol. The van der Waals surface area contributed by atoms with E-state index in [0.717, 1.165) is 13.2 Å². The van der Waals surface area contributed by atoms with Crippen molar-refractivity contribution < 1.29 is 14.3 Å². The van der Waals surface area contributed by atoms with E-state index in [1.165, 1.54) is 0 Å². The molecule has 0 aromatic heterocycles. The van der Waals surface area contributed by atoms with Crippen molar-refractivity contribution in [2.75, 3.05) is 20.2 Å². The Bertz CT molecular complexity index is 249. The molecule has 18 heavy (non-hydrogen) atoms. The lowest BCUT2D eigenvalue weighted by molar-refractivity contribution is -0.138. The van der Waals surface area contributed by atoms with Crippen LogP contribution in [0.2, 0.25) is 0 Å². The quantitative estimate of drug-likeness (QED) is 0.781.